The zero-order valence-corrected chi connectivity index (χ0v) is 15.8. The number of anilines is 2. The molecular formula is C19H31N3OS. The fourth-order valence-electron chi connectivity index (χ4n) is 3.01. The van der Waals surface area contributed by atoms with Crippen LogP contribution in [0.4, 0.5) is 11.4 Å². The van der Waals surface area contributed by atoms with Crippen molar-refractivity contribution >= 4 is 28.7 Å². The highest BCUT2D eigenvalue weighted by Gasteiger charge is 2.15. The number of hydrogen-bond donors (Lipinski definition) is 2. The van der Waals surface area contributed by atoms with Crippen LogP contribution in [0.15, 0.2) is 24.3 Å². The van der Waals surface area contributed by atoms with Gasteiger partial charge in [0.1, 0.15) is 0 Å². The molecule has 0 saturated carbocycles. The summed E-state index contributed by atoms with van der Waals surface area (Å²) in [6.07, 6.45) is 5.01. The molecule has 5 heteroatoms. The third-order valence-corrected chi connectivity index (χ3v) is 4.84. The first-order valence-electron chi connectivity index (χ1n) is 9.21. The van der Waals surface area contributed by atoms with Gasteiger partial charge >= 0.3 is 0 Å². The average molecular weight is 350 g/mol. The lowest BCUT2D eigenvalue weighted by atomic mass is 9.99. The van der Waals surface area contributed by atoms with Crippen LogP contribution >= 0.6 is 12.2 Å². The van der Waals surface area contributed by atoms with Gasteiger partial charge in [-0.2, -0.15) is 0 Å². The minimum atomic E-state index is 0.694. The van der Waals surface area contributed by atoms with E-state index in [1.165, 1.54) is 31.4 Å². The van der Waals surface area contributed by atoms with Crippen LogP contribution < -0.4 is 15.5 Å². The summed E-state index contributed by atoms with van der Waals surface area (Å²) in [5.41, 5.74) is 2.27. The highest BCUT2D eigenvalue weighted by atomic mass is 32.1. The third-order valence-electron chi connectivity index (χ3n) is 4.60. The van der Waals surface area contributed by atoms with E-state index in [1.54, 1.807) is 0 Å². The third kappa shape index (κ3) is 5.95. The van der Waals surface area contributed by atoms with Crippen molar-refractivity contribution < 1.29 is 4.74 Å². The maximum absolute atomic E-state index is 5.51. The normalized spacial score (nSPS) is 15.8. The minimum absolute atomic E-state index is 0.694. The van der Waals surface area contributed by atoms with Gasteiger partial charge < -0.3 is 20.3 Å². The summed E-state index contributed by atoms with van der Waals surface area (Å²) >= 11 is 5.51. The van der Waals surface area contributed by atoms with E-state index >= 15 is 0 Å². The molecule has 0 radical (unpaired) electrons. The number of nitrogens with zero attached hydrogens (tertiary/aromatic N) is 1. The van der Waals surface area contributed by atoms with Crippen LogP contribution in [-0.4, -0.2) is 38.0 Å². The Hall–Kier alpha value is -1.33. The predicted molar refractivity (Wildman–Crippen MR) is 107 cm³/mol. The van der Waals surface area contributed by atoms with Gasteiger partial charge in [-0.05, 0) is 36.7 Å². The van der Waals surface area contributed by atoms with Crippen LogP contribution in [0.3, 0.4) is 0 Å². The first-order valence-corrected chi connectivity index (χ1v) is 9.62. The first kappa shape index (κ1) is 19.0. The van der Waals surface area contributed by atoms with Gasteiger partial charge in [0.15, 0.2) is 5.11 Å². The quantitative estimate of drug-likeness (QED) is 0.693. The maximum Gasteiger partial charge on any atom is 0.170 e. The Labute approximate surface area is 152 Å². The van der Waals surface area contributed by atoms with Crippen molar-refractivity contribution in [2.45, 2.75) is 39.5 Å². The van der Waals surface area contributed by atoms with Gasteiger partial charge in [-0.1, -0.05) is 45.2 Å². The topological polar surface area (TPSA) is 36.5 Å². The van der Waals surface area contributed by atoms with E-state index in [0.29, 0.717) is 11.0 Å². The molecule has 0 amide bonds. The second kappa shape index (κ2) is 10.5. The smallest absolute Gasteiger partial charge is 0.170 e. The van der Waals surface area contributed by atoms with Crippen molar-refractivity contribution in [2.24, 2.45) is 5.92 Å². The highest BCUT2D eigenvalue weighted by Crippen LogP contribution is 2.26. The molecule has 0 spiro atoms. The molecule has 4 nitrogen and oxygen atoms in total. The van der Waals surface area contributed by atoms with Gasteiger partial charge in [0.25, 0.3) is 0 Å². The molecule has 1 aromatic carbocycles. The van der Waals surface area contributed by atoms with Crippen LogP contribution in [0.5, 0.6) is 0 Å². The zero-order valence-electron chi connectivity index (χ0n) is 15.0. The summed E-state index contributed by atoms with van der Waals surface area (Å²) < 4.78 is 5.45. The number of benzene rings is 1. The van der Waals surface area contributed by atoms with Gasteiger partial charge in [0, 0.05) is 19.6 Å². The summed E-state index contributed by atoms with van der Waals surface area (Å²) in [5, 5.41) is 7.49. The molecule has 1 heterocycles. The van der Waals surface area contributed by atoms with E-state index < -0.39 is 0 Å². The second-order valence-electron chi connectivity index (χ2n) is 6.37. The van der Waals surface area contributed by atoms with E-state index in [4.69, 9.17) is 17.0 Å². The number of unbranched alkanes of at least 4 members (excludes halogenated alkanes) is 1. The van der Waals surface area contributed by atoms with Gasteiger partial charge in [-0.25, -0.2) is 0 Å². The van der Waals surface area contributed by atoms with Crippen molar-refractivity contribution in [3.63, 3.8) is 0 Å². The van der Waals surface area contributed by atoms with Gasteiger partial charge in [0.05, 0.1) is 24.6 Å². The lowest BCUT2D eigenvalue weighted by Crippen LogP contribution is -2.37. The molecule has 2 rings (SSSR count). The number of hydrogen-bond acceptors (Lipinski definition) is 3. The van der Waals surface area contributed by atoms with E-state index in [2.05, 4.69) is 47.6 Å². The Morgan fingerprint density at radius 2 is 2.00 bits per heavy atom. The molecule has 0 aromatic heterocycles. The van der Waals surface area contributed by atoms with Crippen LogP contribution in [0.1, 0.15) is 39.5 Å². The summed E-state index contributed by atoms with van der Waals surface area (Å²) in [5.74, 6) is 0.694. The van der Waals surface area contributed by atoms with E-state index in [-0.39, 0.29) is 0 Å². The number of morpholine rings is 1. The number of para-hydroxylation sites is 2. The standard InChI is InChI=1S/C19H31N3OS/c1-3-5-8-16(4-2)15-20-19(24)21-17-9-6-7-10-18(17)22-11-13-23-14-12-22/h6-7,9-10,16H,3-5,8,11-15H2,1-2H3,(H2,20,21,24)/t16-/m0/s1. The molecule has 0 unspecified atom stereocenters. The largest absolute Gasteiger partial charge is 0.378 e. The van der Waals surface area contributed by atoms with Gasteiger partial charge in [-0.3, -0.25) is 0 Å². The van der Waals surface area contributed by atoms with Crippen molar-refractivity contribution in [2.75, 3.05) is 43.1 Å². The number of rotatable bonds is 8. The van der Waals surface area contributed by atoms with E-state index in [0.717, 1.165) is 38.5 Å². The summed E-state index contributed by atoms with van der Waals surface area (Å²) in [4.78, 5) is 2.35. The molecule has 24 heavy (non-hydrogen) atoms. The molecule has 0 bridgehead atoms. The predicted octanol–water partition coefficient (Wildman–Crippen LogP) is 4.03. The fourth-order valence-corrected chi connectivity index (χ4v) is 3.20. The molecule has 134 valence electrons. The van der Waals surface area contributed by atoms with Gasteiger partial charge in [-0.15, -0.1) is 0 Å². The summed E-state index contributed by atoms with van der Waals surface area (Å²) in [6.45, 7) is 8.87. The Morgan fingerprint density at radius 1 is 1.25 bits per heavy atom. The van der Waals surface area contributed by atoms with Crippen molar-refractivity contribution in [1.29, 1.82) is 0 Å². The van der Waals surface area contributed by atoms with E-state index in [1.807, 2.05) is 6.07 Å². The minimum Gasteiger partial charge on any atom is -0.378 e. The van der Waals surface area contributed by atoms with Crippen LogP contribution in [0.2, 0.25) is 0 Å². The number of nitrogens with one attached hydrogen (secondary N) is 2. The molecular weight excluding hydrogens is 318 g/mol. The summed E-state index contributed by atoms with van der Waals surface area (Å²) in [6, 6.07) is 8.36. The molecule has 1 saturated heterocycles. The van der Waals surface area contributed by atoms with Crippen molar-refractivity contribution in [3.8, 4) is 0 Å². The fraction of sp³-hybridized carbons (Fsp3) is 0.632. The lowest BCUT2D eigenvalue weighted by Gasteiger charge is -2.30. The molecule has 1 aromatic rings. The van der Waals surface area contributed by atoms with Gasteiger partial charge in [0.2, 0.25) is 0 Å². The average Bonchev–Trinajstić information content (AvgIpc) is 2.63. The summed E-state index contributed by atoms with van der Waals surface area (Å²) in [7, 11) is 0. The van der Waals surface area contributed by atoms with Crippen LogP contribution in [-0.2, 0) is 4.74 Å². The highest BCUT2D eigenvalue weighted by molar-refractivity contribution is 7.80. The zero-order chi connectivity index (χ0) is 17.2. The molecule has 1 fully saturated rings. The number of thiocarbonyl (C=S) groups is 1. The Morgan fingerprint density at radius 3 is 2.71 bits per heavy atom. The number of ether oxygens (including phenoxy) is 1. The van der Waals surface area contributed by atoms with Crippen LogP contribution in [0.25, 0.3) is 0 Å². The van der Waals surface area contributed by atoms with Crippen LogP contribution in [0, 0.1) is 5.92 Å². The molecule has 1 aliphatic rings. The molecule has 1 atom stereocenters. The first-order chi connectivity index (χ1) is 11.7. The van der Waals surface area contributed by atoms with Crippen molar-refractivity contribution in [1.82, 2.24) is 5.32 Å². The second-order valence-corrected chi connectivity index (χ2v) is 6.78. The molecule has 0 aliphatic carbocycles. The Kier molecular flexibility index (Phi) is 8.33. The Balaban J connectivity index is 1.89. The Bertz CT molecular complexity index is 503. The molecule has 1 aliphatic heterocycles. The monoisotopic (exact) mass is 349 g/mol. The van der Waals surface area contributed by atoms with Crippen molar-refractivity contribution in [3.05, 3.63) is 24.3 Å². The molecule has 2 N–H and O–H groups in total. The lowest BCUT2D eigenvalue weighted by molar-refractivity contribution is 0.123. The SMILES string of the molecule is CCCC[C@H](CC)CNC(=S)Nc1ccccc1N1CCOCC1. The maximum atomic E-state index is 5.51. The van der Waals surface area contributed by atoms with E-state index in [9.17, 15) is 0 Å².